The van der Waals surface area contributed by atoms with E-state index in [0.29, 0.717) is 22.2 Å². The molecule has 0 saturated heterocycles. The number of carbonyl (C=O) groups is 1. The molecule has 1 atom stereocenters. The fourth-order valence-electron chi connectivity index (χ4n) is 4.06. The molecule has 156 valence electrons. The topological polar surface area (TPSA) is 65.2 Å². The molecule has 0 aliphatic heterocycles. The number of hydrogen-bond donors (Lipinski definition) is 1. The van der Waals surface area contributed by atoms with Gasteiger partial charge in [0.15, 0.2) is 11.6 Å². The van der Waals surface area contributed by atoms with Crippen LogP contribution in [0.4, 0.5) is 14.5 Å². The Bertz CT molecular complexity index is 1300. The minimum absolute atomic E-state index is 0.160. The van der Waals surface area contributed by atoms with Crippen molar-refractivity contribution in [2.45, 2.75) is 25.2 Å². The minimum Gasteiger partial charge on any atom is -0.419 e. The summed E-state index contributed by atoms with van der Waals surface area (Å²) in [6.45, 7) is 0. The Morgan fingerprint density at radius 1 is 1.13 bits per heavy atom. The van der Waals surface area contributed by atoms with E-state index in [1.54, 1.807) is 0 Å². The zero-order chi connectivity index (χ0) is 21.5. The van der Waals surface area contributed by atoms with Crippen molar-refractivity contribution >= 4 is 33.2 Å². The number of carbonyl (C=O) groups excluding carboxylic acids is 1. The maximum atomic E-state index is 13.9. The normalized spacial score (nSPS) is 15.6. The first-order valence-corrected chi connectivity index (χ1v) is 10.7. The van der Waals surface area contributed by atoms with Crippen molar-refractivity contribution in [3.63, 3.8) is 0 Å². The molecule has 0 amide bonds. The van der Waals surface area contributed by atoms with E-state index in [-0.39, 0.29) is 16.3 Å². The SMILES string of the molecule is Nc1c(C(=O)Oc2ccc(F)cc2F)sc2nc3c(cc12)CC(c1ccccc1)CC3. The summed E-state index contributed by atoms with van der Waals surface area (Å²) in [7, 11) is 0. The molecule has 0 saturated carbocycles. The third kappa shape index (κ3) is 3.65. The number of anilines is 1. The molecule has 0 fully saturated rings. The molecule has 0 radical (unpaired) electrons. The van der Waals surface area contributed by atoms with Crippen LogP contribution >= 0.6 is 11.3 Å². The van der Waals surface area contributed by atoms with Gasteiger partial charge in [-0.05, 0) is 54.5 Å². The number of rotatable bonds is 3. The van der Waals surface area contributed by atoms with Crippen molar-refractivity contribution in [1.82, 2.24) is 4.98 Å². The number of fused-ring (bicyclic) bond motifs is 2. The number of benzene rings is 2. The van der Waals surface area contributed by atoms with Gasteiger partial charge in [-0.25, -0.2) is 18.6 Å². The number of ether oxygens (including phenoxy) is 1. The second kappa shape index (κ2) is 7.74. The lowest BCUT2D eigenvalue weighted by atomic mass is 9.82. The van der Waals surface area contributed by atoms with Crippen molar-refractivity contribution in [2.24, 2.45) is 0 Å². The molecule has 0 spiro atoms. The third-order valence-electron chi connectivity index (χ3n) is 5.64. The highest BCUT2D eigenvalue weighted by Crippen LogP contribution is 2.38. The highest BCUT2D eigenvalue weighted by Gasteiger charge is 2.25. The molecule has 4 aromatic rings. The number of nitrogens with zero attached hydrogens (tertiary/aromatic N) is 1. The molecule has 2 aromatic heterocycles. The Balaban J connectivity index is 1.46. The van der Waals surface area contributed by atoms with E-state index >= 15 is 0 Å². The van der Waals surface area contributed by atoms with Gasteiger partial charge in [0, 0.05) is 17.1 Å². The quantitative estimate of drug-likeness (QED) is 0.333. The van der Waals surface area contributed by atoms with E-state index in [2.05, 4.69) is 12.1 Å². The number of aryl methyl sites for hydroxylation is 1. The van der Waals surface area contributed by atoms with Crippen LogP contribution in [0, 0.1) is 11.6 Å². The summed E-state index contributed by atoms with van der Waals surface area (Å²) in [5.74, 6) is -2.41. The molecule has 1 aliphatic carbocycles. The van der Waals surface area contributed by atoms with Crippen molar-refractivity contribution < 1.29 is 18.3 Å². The molecule has 2 N–H and O–H groups in total. The Labute approximate surface area is 181 Å². The van der Waals surface area contributed by atoms with Crippen LogP contribution in [0.3, 0.4) is 0 Å². The number of esters is 1. The van der Waals surface area contributed by atoms with E-state index in [1.165, 1.54) is 5.56 Å². The van der Waals surface area contributed by atoms with Crippen molar-refractivity contribution in [3.05, 3.63) is 87.9 Å². The van der Waals surface area contributed by atoms with Gasteiger partial charge in [-0.3, -0.25) is 0 Å². The van der Waals surface area contributed by atoms with Crippen LogP contribution in [0.5, 0.6) is 5.75 Å². The molecule has 5 rings (SSSR count). The van der Waals surface area contributed by atoms with E-state index in [4.69, 9.17) is 15.5 Å². The fourth-order valence-corrected chi connectivity index (χ4v) is 5.03. The molecular weight excluding hydrogens is 418 g/mol. The molecule has 2 aromatic carbocycles. The predicted octanol–water partition coefficient (Wildman–Crippen LogP) is 5.65. The lowest BCUT2D eigenvalue weighted by Gasteiger charge is -2.24. The zero-order valence-electron chi connectivity index (χ0n) is 16.4. The lowest BCUT2D eigenvalue weighted by Crippen LogP contribution is -2.14. The minimum atomic E-state index is -0.950. The summed E-state index contributed by atoms with van der Waals surface area (Å²) >= 11 is 1.12. The number of pyridine rings is 1. The third-order valence-corrected chi connectivity index (χ3v) is 6.73. The Morgan fingerprint density at radius 3 is 2.71 bits per heavy atom. The summed E-state index contributed by atoms with van der Waals surface area (Å²) in [5.41, 5.74) is 9.97. The van der Waals surface area contributed by atoms with Gasteiger partial charge in [0.25, 0.3) is 0 Å². The zero-order valence-corrected chi connectivity index (χ0v) is 17.2. The van der Waals surface area contributed by atoms with Crippen molar-refractivity contribution in [3.8, 4) is 5.75 Å². The van der Waals surface area contributed by atoms with Crippen LogP contribution in [-0.2, 0) is 12.8 Å². The first-order chi connectivity index (χ1) is 15.0. The van der Waals surface area contributed by atoms with Crippen LogP contribution in [0.2, 0.25) is 0 Å². The van der Waals surface area contributed by atoms with E-state index in [9.17, 15) is 13.6 Å². The van der Waals surface area contributed by atoms with Crippen LogP contribution in [0.25, 0.3) is 10.2 Å². The molecule has 7 heteroatoms. The van der Waals surface area contributed by atoms with Gasteiger partial charge in [0.1, 0.15) is 15.5 Å². The number of hydrogen-bond acceptors (Lipinski definition) is 5. The van der Waals surface area contributed by atoms with E-state index in [1.807, 2.05) is 24.3 Å². The first kappa shape index (κ1) is 19.6. The van der Waals surface area contributed by atoms with Crippen molar-refractivity contribution in [1.29, 1.82) is 0 Å². The van der Waals surface area contributed by atoms with Gasteiger partial charge in [-0.15, -0.1) is 11.3 Å². The van der Waals surface area contributed by atoms with Crippen LogP contribution in [0.15, 0.2) is 54.6 Å². The number of aromatic nitrogens is 1. The second-order valence-corrected chi connectivity index (χ2v) is 8.61. The fraction of sp³-hybridized carbons (Fsp3) is 0.167. The average molecular weight is 436 g/mol. The van der Waals surface area contributed by atoms with Gasteiger partial charge in [-0.1, -0.05) is 30.3 Å². The Hall–Kier alpha value is -3.32. The average Bonchev–Trinajstić information content (AvgIpc) is 3.10. The maximum absolute atomic E-state index is 13.9. The standard InChI is InChI=1S/C24H18F2N2O2S/c25-16-7-9-20(18(26)12-16)30-24(29)22-21(27)17-11-15-10-14(13-4-2-1-3-5-13)6-8-19(15)28-23(17)31-22/h1-5,7,9,11-12,14H,6,8,10,27H2. The molecular formula is C24H18F2N2O2S. The number of nitrogen functional groups attached to an aromatic ring is 1. The molecule has 1 unspecified atom stereocenters. The summed E-state index contributed by atoms with van der Waals surface area (Å²) < 4.78 is 32.1. The van der Waals surface area contributed by atoms with Crippen LogP contribution < -0.4 is 10.5 Å². The summed E-state index contributed by atoms with van der Waals surface area (Å²) in [6.07, 6.45) is 2.72. The van der Waals surface area contributed by atoms with Gasteiger partial charge >= 0.3 is 5.97 Å². The Kier molecular flexibility index (Phi) is 4.90. The Morgan fingerprint density at radius 2 is 1.94 bits per heavy atom. The molecule has 2 heterocycles. The highest BCUT2D eigenvalue weighted by atomic mass is 32.1. The summed E-state index contributed by atoms with van der Waals surface area (Å²) in [6, 6.07) is 15.2. The summed E-state index contributed by atoms with van der Waals surface area (Å²) in [4.78, 5) is 18.2. The lowest BCUT2D eigenvalue weighted by molar-refractivity contribution is 0.0733. The van der Waals surface area contributed by atoms with Crippen molar-refractivity contribution in [2.75, 3.05) is 5.73 Å². The van der Waals surface area contributed by atoms with Crippen LogP contribution in [0.1, 0.15) is 38.8 Å². The predicted molar refractivity (Wildman–Crippen MR) is 117 cm³/mol. The number of thiophene rings is 1. The largest absolute Gasteiger partial charge is 0.419 e. The number of nitrogens with two attached hydrogens (primary N) is 1. The van der Waals surface area contributed by atoms with Gasteiger partial charge in [0.2, 0.25) is 0 Å². The smallest absolute Gasteiger partial charge is 0.356 e. The van der Waals surface area contributed by atoms with Gasteiger partial charge in [0.05, 0.1) is 5.69 Å². The molecule has 1 aliphatic rings. The first-order valence-electron chi connectivity index (χ1n) is 9.92. The number of halogens is 2. The molecule has 0 bridgehead atoms. The van der Waals surface area contributed by atoms with Gasteiger partial charge in [-0.2, -0.15) is 0 Å². The molecule has 31 heavy (non-hydrogen) atoms. The summed E-state index contributed by atoms with van der Waals surface area (Å²) in [5, 5.41) is 0.698. The monoisotopic (exact) mass is 436 g/mol. The van der Waals surface area contributed by atoms with E-state index < -0.39 is 17.6 Å². The molecule has 4 nitrogen and oxygen atoms in total. The van der Waals surface area contributed by atoms with Gasteiger partial charge < -0.3 is 10.5 Å². The van der Waals surface area contributed by atoms with Crippen LogP contribution in [-0.4, -0.2) is 11.0 Å². The highest BCUT2D eigenvalue weighted by molar-refractivity contribution is 7.21. The second-order valence-electron chi connectivity index (χ2n) is 7.61. The van der Waals surface area contributed by atoms with E-state index in [0.717, 1.165) is 54.0 Å². The maximum Gasteiger partial charge on any atom is 0.356 e.